The van der Waals surface area contributed by atoms with Gasteiger partial charge in [-0.15, -0.1) is 0 Å². The number of aryl methyl sites for hydroxylation is 1. The number of carbonyl (C=O) groups is 1. The van der Waals surface area contributed by atoms with E-state index in [2.05, 4.69) is 0 Å². The molecule has 1 aliphatic carbocycles. The van der Waals surface area contributed by atoms with Gasteiger partial charge in [-0.1, -0.05) is 32.1 Å². The molecular formula is C16H23NO3. The van der Waals surface area contributed by atoms with Gasteiger partial charge in [0.25, 0.3) is 5.56 Å². The fourth-order valence-electron chi connectivity index (χ4n) is 3.37. The number of aromatic nitrogens is 1. The van der Waals surface area contributed by atoms with Gasteiger partial charge in [-0.2, -0.15) is 0 Å². The molecule has 1 aromatic rings. The molecule has 0 aliphatic heterocycles. The Morgan fingerprint density at radius 3 is 2.25 bits per heavy atom. The van der Waals surface area contributed by atoms with E-state index in [1.165, 1.54) is 25.3 Å². The van der Waals surface area contributed by atoms with Crippen LogP contribution in [0.5, 0.6) is 0 Å². The predicted octanol–water partition coefficient (Wildman–Crippen LogP) is 3.45. The van der Waals surface area contributed by atoms with Gasteiger partial charge in [0.15, 0.2) is 0 Å². The van der Waals surface area contributed by atoms with E-state index < -0.39 is 5.97 Å². The second-order valence-corrected chi connectivity index (χ2v) is 5.80. The van der Waals surface area contributed by atoms with Crippen LogP contribution in [0.15, 0.2) is 10.9 Å². The van der Waals surface area contributed by atoms with E-state index in [0.717, 1.165) is 25.7 Å². The molecule has 2 rings (SSSR count). The highest BCUT2D eigenvalue weighted by Gasteiger charge is 2.21. The molecule has 1 fully saturated rings. The number of carboxylic acid groups (broad SMARTS) is 1. The third-order valence-electron chi connectivity index (χ3n) is 4.35. The van der Waals surface area contributed by atoms with Crippen molar-refractivity contribution in [2.75, 3.05) is 0 Å². The van der Waals surface area contributed by atoms with Crippen molar-refractivity contribution in [3.8, 4) is 0 Å². The predicted molar refractivity (Wildman–Crippen MR) is 78.5 cm³/mol. The molecular weight excluding hydrogens is 254 g/mol. The number of rotatable bonds is 2. The molecule has 4 nitrogen and oxygen atoms in total. The molecule has 0 bridgehead atoms. The Kier molecular flexibility index (Phi) is 4.63. The van der Waals surface area contributed by atoms with Crippen LogP contribution in [0.1, 0.15) is 72.6 Å². The SMILES string of the molecule is Cc1cc(=O)n(C2CCCCCCC2)c(C)c1C(=O)O. The van der Waals surface area contributed by atoms with E-state index in [-0.39, 0.29) is 17.2 Å². The smallest absolute Gasteiger partial charge is 0.337 e. The molecule has 1 N–H and O–H groups in total. The first-order chi connectivity index (χ1) is 9.52. The first kappa shape index (κ1) is 14.8. The molecule has 1 saturated carbocycles. The maximum Gasteiger partial charge on any atom is 0.337 e. The van der Waals surface area contributed by atoms with Crippen molar-refractivity contribution in [2.24, 2.45) is 0 Å². The fraction of sp³-hybridized carbons (Fsp3) is 0.625. The lowest BCUT2D eigenvalue weighted by Crippen LogP contribution is -2.29. The van der Waals surface area contributed by atoms with Crippen LogP contribution in [0.25, 0.3) is 0 Å². The minimum absolute atomic E-state index is 0.0597. The highest BCUT2D eigenvalue weighted by molar-refractivity contribution is 5.90. The van der Waals surface area contributed by atoms with Crippen LogP contribution < -0.4 is 5.56 Å². The minimum atomic E-state index is -0.945. The summed E-state index contributed by atoms with van der Waals surface area (Å²) in [7, 11) is 0. The topological polar surface area (TPSA) is 59.3 Å². The minimum Gasteiger partial charge on any atom is -0.478 e. The van der Waals surface area contributed by atoms with Crippen molar-refractivity contribution in [1.82, 2.24) is 4.57 Å². The standard InChI is InChI=1S/C16H23NO3/c1-11-10-14(18)17(12(2)15(11)16(19)20)13-8-6-4-3-5-7-9-13/h10,13H,3-9H2,1-2H3,(H,19,20). The third kappa shape index (κ3) is 2.94. The number of carboxylic acids is 1. The van der Waals surface area contributed by atoms with E-state index >= 15 is 0 Å². The monoisotopic (exact) mass is 277 g/mol. The molecule has 4 heteroatoms. The summed E-state index contributed by atoms with van der Waals surface area (Å²) in [4.78, 5) is 23.7. The number of pyridine rings is 1. The van der Waals surface area contributed by atoms with Gasteiger partial charge in [-0.05, 0) is 32.3 Å². The Labute approximate surface area is 119 Å². The van der Waals surface area contributed by atoms with Crippen molar-refractivity contribution in [3.63, 3.8) is 0 Å². The van der Waals surface area contributed by atoms with E-state index in [9.17, 15) is 14.7 Å². The summed E-state index contributed by atoms with van der Waals surface area (Å²) in [6.07, 6.45) is 7.88. The van der Waals surface area contributed by atoms with Crippen molar-refractivity contribution in [1.29, 1.82) is 0 Å². The summed E-state index contributed by atoms with van der Waals surface area (Å²) in [5.74, 6) is -0.945. The van der Waals surface area contributed by atoms with Crippen LogP contribution >= 0.6 is 0 Å². The molecule has 20 heavy (non-hydrogen) atoms. The molecule has 1 heterocycles. The number of aromatic carboxylic acids is 1. The summed E-state index contributed by atoms with van der Waals surface area (Å²) in [5.41, 5.74) is 1.39. The molecule has 0 amide bonds. The van der Waals surface area contributed by atoms with Crippen LogP contribution in [0.2, 0.25) is 0 Å². The Morgan fingerprint density at radius 1 is 1.15 bits per heavy atom. The zero-order valence-electron chi connectivity index (χ0n) is 12.3. The average Bonchev–Trinajstić information content (AvgIpc) is 2.30. The Morgan fingerprint density at radius 2 is 1.70 bits per heavy atom. The van der Waals surface area contributed by atoms with Gasteiger partial charge in [-0.3, -0.25) is 4.79 Å². The van der Waals surface area contributed by atoms with Gasteiger partial charge < -0.3 is 9.67 Å². The zero-order valence-corrected chi connectivity index (χ0v) is 12.3. The number of hydrogen-bond acceptors (Lipinski definition) is 2. The van der Waals surface area contributed by atoms with Gasteiger partial charge in [-0.25, -0.2) is 4.79 Å². The maximum atomic E-state index is 12.3. The molecule has 1 aliphatic rings. The van der Waals surface area contributed by atoms with Gasteiger partial charge in [0.1, 0.15) is 0 Å². The largest absolute Gasteiger partial charge is 0.478 e. The highest BCUT2D eigenvalue weighted by Crippen LogP contribution is 2.27. The average molecular weight is 277 g/mol. The van der Waals surface area contributed by atoms with E-state index in [1.807, 2.05) is 0 Å². The van der Waals surface area contributed by atoms with Crippen LogP contribution in [-0.4, -0.2) is 15.6 Å². The maximum absolute atomic E-state index is 12.3. The van der Waals surface area contributed by atoms with Gasteiger partial charge >= 0.3 is 5.97 Å². The van der Waals surface area contributed by atoms with E-state index in [4.69, 9.17) is 0 Å². The number of hydrogen-bond donors (Lipinski definition) is 1. The van der Waals surface area contributed by atoms with Crippen molar-refractivity contribution < 1.29 is 9.90 Å². The summed E-state index contributed by atoms with van der Waals surface area (Å²) in [6.45, 7) is 3.46. The van der Waals surface area contributed by atoms with Crippen molar-refractivity contribution in [2.45, 2.75) is 64.8 Å². The Bertz CT molecular complexity index is 552. The van der Waals surface area contributed by atoms with E-state index in [0.29, 0.717) is 11.3 Å². The summed E-state index contributed by atoms with van der Waals surface area (Å²) in [5, 5.41) is 9.35. The second-order valence-electron chi connectivity index (χ2n) is 5.80. The molecule has 0 aromatic carbocycles. The molecule has 0 atom stereocenters. The number of nitrogens with zero attached hydrogens (tertiary/aromatic N) is 1. The van der Waals surface area contributed by atoms with Gasteiger partial charge in [0.05, 0.1) is 5.56 Å². The summed E-state index contributed by atoms with van der Waals surface area (Å²) >= 11 is 0. The van der Waals surface area contributed by atoms with E-state index in [1.54, 1.807) is 18.4 Å². The van der Waals surface area contributed by atoms with Crippen molar-refractivity contribution in [3.05, 3.63) is 33.2 Å². The van der Waals surface area contributed by atoms with Crippen LogP contribution in [0, 0.1) is 13.8 Å². The quantitative estimate of drug-likeness (QED) is 0.900. The molecule has 0 saturated heterocycles. The van der Waals surface area contributed by atoms with Crippen LogP contribution in [-0.2, 0) is 0 Å². The van der Waals surface area contributed by atoms with Gasteiger partial charge in [0, 0.05) is 17.8 Å². The van der Waals surface area contributed by atoms with Crippen LogP contribution in [0.4, 0.5) is 0 Å². The first-order valence-corrected chi connectivity index (χ1v) is 7.48. The molecule has 1 aromatic heterocycles. The zero-order chi connectivity index (χ0) is 14.7. The molecule has 0 spiro atoms. The molecule has 0 radical (unpaired) electrons. The summed E-state index contributed by atoms with van der Waals surface area (Å²) < 4.78 is 1.72. The molecule has 110 valence electrons. The first-order valence-electron chi connectivity index (χ1n) is 7.48. The lowest BCUT2D eigenvalue weighted by atomic mass is 9.95. The Balaban J connectivity index is 2.46. The third-order valence-corrected chi connectivity index (χ3v) is 4.35. The fourth-order valence-corrected chi connectivity index (χ4v) is 3.37. The molecule has 0 unspecified atom stereocenters. The lowest BCUT2D eigenvalue weighted by Gasteiger charge is -2.25. The van der Waals surface area contributed by atoms with Crippen LogP contribution in [0.3, 0.4) is 0 Å². The van der Waals surface area contributed by atoms with Crippen molar-refractivity contribution >= 4 is 5.97 Å². The summed E-state index contributed by atoms with van der Waals surface area (Å²) in [6, 6.07) is 1.62. The normalized spacial score (nSPS) is 17.5. The van der Waals surface area contributed by atoms with Gasteiger partial charge in [0.2, 0.25) is 0 Å². The highest BCUT2D eigenvalue weighted by atomic mass is 16.4. The Hall–Kier alpha value is -1.58. The lowest BCUT2D eigenvalue weighted by molar-refractivity contribution is 0.0693. The second kappa shape index (κ2) is 6.25.